The Hall–Kier alpha value is -1.24. The standard InChI is InChI=1S/C11H13NO4S/c1-9(13)10-3-2-4-11(7-10)17(14,15)12-5-6-16-8-12/h2-4,7H,5-6,8H2,1H3. The number of carbonyl (C=O) groups is 1. The van der Waals surface area contributed by atoms with E-state index in [1.165, 1.54) is 23.4 Å². The maximum absolute atomic E-state index is 12.1. The second kappa shape index (κ2) is 4.56. The average Bonchev–Trinajstić information content (AvgIpc) is 2.83. The molecule has 0 atom stereocenters. The molecule has 92 valence electrons. The summed E-state index contributed by atoms with van der Waals surface area (Å²) in [4.78, 5) is 11.3. The number of carbonyl (C=O) groups excluding carboxylic acids is 1. The van der Waals surface area contributed by atoms with Gasteiger partial charge in [-0.1, -0.05) is 12.1 Å². The molecule has 1 fully saturated rings. The lowest BCUT2D eigenvalue weighted by Gasteiger charge is -2.14. The molecule has 2 rings (SSSR count). The van der Waals surface area contributed by atoms with E-state index in [0.29, 0.717) is 18.7 Å². The number of hydrogen-bond acceptors (Lipinski definition) is 4. The number of rotatable bonds is 3. The van der Waals surface area contributed by atoms with Crippen molar-refractivity contribution in [3.63, 3.8) is 0 Å². The lowest BCUT2D eigenvalue weighted by molar-refractivity contribution is 0.101. The molecule has 0 radical (unpaired) electrons. The zero-order chi connectivity index (χ0) is 12.5. The molecule has 0 N–H and O–H groups in total. The summed E-state index contributed by atoms with van der Waals surface area (Å²) in [5.41, 5.74) is 0.395. The molecule has 0 spiro atoms. The molecule has 0 aliphatic carbocycles. The Labute approximate surface area is 100 Å². The van der Waals surface area contributed by atoms with Crippen molar-refractivity contribution < 1.29 is 17.9 Å². The third-order valence-electron chi connectivity index (χ3n) is 2.60. The van der Waals surface area contributed by atoms with E-state index in [-0.39, 0.29) is 17.4 Å². The zero-order valence-electron chi connectivity index (χ0n) is 9.42. The Kier molecular flexibility index (Phi) is 3.28. The van der Waals surface area contributed by atoms with Gasteiger partial charge >= 0.3 is 0 Å². The Morgan fingerprint density at radius 1 is 1.41 bits per heavy atom. The van der Waals surface area contributed by atoms with Crippen LogP contribution in [0.2, 0.25) is 0 Å². The van der Waals surface area contributed by atoms with Gasteiger partial charge in [0.1, 0.15) is 6.73 Å². The Bertz CT molecular complexity index is 532. The first kappa shape index (κ1) is 12.2. The van der Waals surface area contributed by atoms with Crippen LogP contribution >= 0.6 is 0 Å². The van der Waals surface area contributed by atoms with Gasteiger partial charge in [-0.05, 0) is 19.1 Å². The summed E-state index contributed by atoms with van der Waals surface area (Å²) in [7, 11) is -3.54. The van der Waals surface area contributed by atoms with Gasteiger partial charge in [0.2, 0.25) is 10.0 Å². The Balaban J connectivity index is 2.39. The number of nitrogens with zero attached hydrogens (tertiary/aromatic N) is 1. The van der Waals surface area contributed by atoms with E-state index < -0.39 is 10.0 Å². The van der Waals surface area contributed by atoms with Gasteiger partial charge in [-0.25, -0.2) is 8.42 Å². The van der Waals surface area contributed by atoms with E-state index in [1.807, 2.05) is 0 Å². The molecular formula is C11H13NO4S. The van der Waals surface area contributed by atoms with Crippen molar-refractivity contribution in [3.8, 4) is 0 Å². The molecule has 17 heavy (non-hydrogen) atoms. The largest absolute Gasteiger partial charge is 0.364 e. The van der Waals surface area contributed by atoms with Crippen LogP contribution in [0.15, 0.2) is 29.2 Å². The van der Waals surface area contributed by atoms with Crippen molar-refractivity contribution in [1.82, 2.24) is 4.31 Å². The van der Waals surface area contributed by atoms with Gasteiger partial charge in [0.25, 0.3) is 0 Å². The first-order valence-corrected chi connectivity index (χ1v) is 6.65. The first-order valence-electron chi connectivity index (χ1n) is 5.21. The highest BCUT2D eigenvalue weighted by Crippen LogP contribution is 2.19. The van der Waals surface area contributed by atoms with Gasteiger partial charge in [0, 0.05) is 12.1 Å². The molecule has 0 bridgehead atoms. The third kappa shape index (κ3) is 2.38. The fourth-order valence-electron chi connectivity index (χ4n) is 1.61. The van der Waals surface area contributed by atoms with Crippen molar-refractivity contribution in [3.05, 3.63) is 29.8 Å². The summed E-state index contributed by atoms with van der Waals surface area (Å²) < 4.78 is 30.6. The maximum atomic E-state index is 12.1. The number of ether oxygens (including phenoxy) is 1. The summed E-state index contributed by atoms with van der Waals surface area (Å²) in [6.07, 6.45) is 0. The van der Waals surface area contributed by atoms with Crippen molar-refractivity contribution in [2.24, 2.45) is 0 Å². The normalized spacial score (nSPS) is 17.2. The highest BCUT2D eigenvalue weighted by molar-refractivity contribution is 7.89. The minimum Gasteiger partial charge on any atom is -0.364 e. The summed E-state index contributed by atoms with van der Waals surface area (Å²) in [5.74, 6) is -0.153. The van der Waals surface area contributed by atoms with E-state index in [0.717, 1.165) is 0 Å². The van der Waals surface area contributed by atoms with Crippen LogP contribution in [0.4, 0.5) is 0 Å². The van der Waals surface area contributed by atoms with Gasteiger partial charge in [-0.2, -0.15) is 4.31 Å². The smallest absolute Gasteiger partial charge is 0.245 e. The van der Waals surface area contributed by atoms with Crippen LogP contribution in [-0.4, -0.2) is 38.4 Å². The molecule has 0 aromatic heterocycles. The Morgan fingerprint density at radius 2 is 2.18 bits per heavy atom. The molecule has 6 heteroatoms. The molecule has 1 aromatic carbocycles. The predicted molar refractivity (Wildman–Crippen MR) is 61.2 cm³/mol. The van der Waals surface area contributed by atoms with Gasteiger partial charge < -0.3 is 4.74 Å². The molecule has 1 aromatic rings. The van der Waals surface area contributed by atoms with Crippen molar-refractivity contribution >= 4 is 15.8 Å². The van der Waals surface area contributed by atoms with Gasteiger partial charge in [-0.15, -0.1) is 0 Å². The van der Waals surface area contributed by atoms with Crippen LogP contribution in [0.1, 0.15) is 17.3 Å². The van der Waals surface area contributed by atoms with Crippen molar-refractivity contribution in [1.29, 1.82) is 0 Å². The molecule has 5 nitrogen and oxygen atoms in total. The van der Waals surface area contributed by atoms with E-state index >= 15 is 0 Å². The molecule has 1 saturated heterocycles. The fourth-order valence-corrected chi connectivity index (χ4v) is 2.96. The average molecular weight is 255 g/mol. The monoisotopic (exact) mass is 255 g/mol. The minimum absolute atomic E-state index is 0.0760. The summed E-state index contributed by atoms with van der Waals surface area (Å²) >= 11 is 0. The summed E-state index contributed by atoms with van der Waals surface area (Å²) in [6, 6.07) is 6.05. The minimum atomic E-state index is -3.54. The molecular weight excluding hydrogens is 242 g/mol. The second-order valence-corrected chi connectivity index (χ2v) is 5.74. The lowest BCUT2D eigenvalue weighted by Crippen LogP contribution is -2.28. The quantitative estimate of drug-likeness (QED) is 0.752. The van der Waals surface area contributed by atoms with Gasteiger partial charge in [-0.3, -0.25) is 4.79 Å². The van der Waals surface area contributed by atoms with Gasteiger partial charge in [0.05, 0.1) is 11.5 Å². The molecule has 0 amide bonds. The first-order chi connectivity index (χ1) is 8.01. The van der Waals surface area contributed by atoms with Crippen LogP contribution in [0.5, 0.6) is 0 Å². The van der Waals surface area contributed by atoms with Crippen LogP contribution in [0, 0.1) is 0 Å². The van der Waals surface area contributed by atoms with Gasteiger partial charge in [0.15, 0.2) is 5.78 Å². The van der Waals surface area contributed by atoms with E-state index in [4.69, 9.17) is 4.74 Å². The number of hydrogen-bond donors (Lipinski definition) is 0. The number of benzene rings is 1. The maximum Gasteiger partial charge on any atom is 0.245 e. The SMILES string of the molecule is CC(=O)c1cccc(S(=O)(=O)N2CCOC2)c1. The molecule has 0 saturated carbocycles. The molecule has 0 unspecified atom stereocenters. The number of Topliss-reactive ketones (excluding diaryl/α,β-unsaturated/α-hetero) is 1. The van der Waals surface area contributed by atoms with Crippen LogP contribution < -0.4 is 0 Å². The highest BCUT2D eigenvalue weighted by Gasteiger charge is 2.28. The number of ketones is 1. The van der Waals surface area contributed by atoms with Crippen LogP contribution in [0.25, 0.3) is 0 Å². The van der Waals surface area contributed by atoms with E-state index in [2.05, 4.69) is 0 Å². The van der Waals surface area contributed by atoms with Crippen molar-refractivity contribution in [2.45, 2.75) is 11.8 Å². The molecule has 1 aliphatic heterocycles. The number of sulfonamides is 1. The van der Waals surface area contributed by atoms with Crippen LogP contribution in [0.3, 0.4) is 0 Å². The van der Waals surface area contributed by atoms with Crippen LogP contribution in [-0.2, 0) is 14.8 Å². The Morgan fingerprint density at radius 3 is 2.76 bits per heavy atom. The van der Waals surface area contributed by atoms with E-state index in [9.17, 15) is 13.2 Å². The zero-order valence-corrected chi connectivity index (χ0v) is 10.2. The highest BCUT2D eigenvalue weighted by atomic mass is 32.2. The fraction of sp³-hybridized carbons (Fsp3) is 0.364. The second-order valence-electron chi connectivity index (χ2n) is 3.80. The molecule has 1 aliphatic rings. The molecule has 1 heterocycles. The third-order valence-corrected chi connectivity index (χ3v) is 4.42. The topological polar surface area (TPSA) is 63.7 Å². The lowest BCUT2D eigenvalue weighted by atomic mass is 10.2. The van der Waals surface area contributed by atoms with Crippen molar-refractivity contribution in [2.75, 3.05) is 19.9 Å². The predicted octanol–water partition coefficient (Wildman–Crippen LogP) is 0.868. The summed E-state index contributed by atoms with van der Waals surface area (Å²) in [5, 5.41) is 0. The summed E-state index contributed by atoms with van der Waals surface area (Å²) in [6.45, 7) is 2.25. The van der Waals surface area contributed by atoms with E-state index in [1.54, 1.807) is 12.1 Å².